The third-order valence-corrected chi connectivity index (χ3v) is 2.68. The van der Waals surface area contributed by atoms with Gasteiger partial charge >= 0.3 is 0 Å². The van der Waals surface area contributed by atoms with Crippen molar-refractivity contribution in [3.8, 4) is 5.75 Å². The molecule has 0 aliphatic heterocycles. The molecule has 3 heteroatoms. The molecule has 1 N–H and O–H groups in total. The largest absolute Gasteiger partial charge is 0.495 e. The molecule has 1 aromatic rings. The number of methoxy groups -OCH3 is 1. The van der Waals surface area contributed by atoms with Crippen LogP contribution in [0.25, 0.3) is 0 Å². The molecule has 0 aliphatic rings. The highest BCUT2D eigenvalue weighted by atomic mass is 16.5. The van der Waals surface area contributed by atoms with Crippen LogP contribution in [0.4, 0.5) is 0 Å². The first-order valence-corrected chi connectivity index (χ1v) is 5.34. The molecule has 15 heavy (non-hydrogen) atoms. The fourth-order valence-corrected chi connectivity index (χ4v) is 1.41. The molecule has 1 heterocycles. The Kier molecular flexibility index (Phi) is 4.56. The van der Waals surface area contributed by atoms with Crippen molar-refractivity contribution in [1.82, 2.24) is 4.98 Å². The summed E-state index contributed by atoms with van der Waals surface area (Å²) in [7, 11) is 1.60. The lowest BCUT2D eigenvalue weighted by atomic mass is 9.97. The van der Waals surface area contributed by atoms with Crippen molar-refractivity contribution in [2.75, 3.05) is 7.11 Å². The van der Waals surface area contributed by atoms with Gasteiger partial charge in [0, 0.05) is 11.8 Å². The number of hydrogen-bond acceptors (Lipinski definition) is 3. The molecule has 0 amide bonds. The van der Waals surface area contributed by atoms with Crippen molar-refractivity contribution in [1.29, 1.82) is 0 Å². The SMILES string of the molecule is CCC(C)CC(O)c1cncc(OC)c1. The molecule has 0 spiro atoms. The van der Waals surface area contributed by atoms with Crippen LogP contribution >= 0.6 is 0 Å². The minimum absolute atomic E-state index is 0.442. The number of aromatic nitrogens is 1. The Hall–Kier alpha value is -1.09. The number of rotatable bonds is 5. The summed E-state index contributed by atoms with van der Waals surface area (Å²) in [4.78, 5) is 4.02. The van der Waals surface area contributed by atoms with E-state index < -0.39 is 6.10 Å². The van der Waals surface area contributed by atoms with Crippen molar-refractivity contribution in [3.63, 3.8) is 0 Å². The first-order chi connectivity index (χ1) is 7.17. The molecule has 0 radical (unpaired) electrons. The topological polar surface area (TPSA) is 42.4 Å². The second kappa shape index (κ2) is 5.71. The van der Waals surface area contributed by atoms with E-state index in [1.54, 1.807) is 19.5 Å². The molecule has 0 bridgehead atoms. The summed E-state index contributed by atoms with van der Waals surface area (Å²) in [6.07, 6.45) is 4.73. The zero-order valence-electron chi connectivity index (χ0n) is 9.60. The van der Waals surface area contributed by atoms with Gasteiger partial charge in [0.1, 0.15) is 5.75 Å². The summed E-state index contributed by atoms with van der Waals surface area (Å²) in [6.45, 7) is 4.26. The Balaban J connectivity index is 2.68. The Bertz CT molecular complexity index is 301. The van der Waals surface area contributed by atoms with E-state index in [1.807, 2.05) is 6.07 Å². The molecule has 2 atom stereocenters. The van der Waals surface area contributed by atoms with Crippen LogP contribution < -0.4 is 4.74 Å². The molecule has 84 valence electrons. The number of nitrogens with zero attached hydrogens (tertiary/aromatic N) is 1. The standard InChI is InChI=1S/C12H19NO2/c1-4-9(2)5-12(14)10-6-11(15-3)8-13-7-10/h6-9,12,14H,4-5H2,1-3H3. The molecule has 1 aromatic heterocycles. The first-order valence-electron chi connectivity index (χ1n) is 5.34. The number of pyridine rings is 1. The molecule has 0 fully saturated rings. The molecular weight excluding hydrogens is 190 g/mol. The fourth-order valence-electron chi connectivity index (χ4n) is 1.41. The average molecular weight is 209 g/mol. The summed E-state index contributed by atoms with van der Waals surface area (Å²) in [6, 6.07) is 1.83. The van der Waals surface area contributed by atoms with Gasteiger partial charge in [-0.2, -0.15) is 0 Å². The van der Waals surface area contributed by atoms with Crippen LogP contribution in [-0.2, 0) is 0 Å². The normalized spacial score (nSPS) is 14.7. The van der Waals surface area contributed by atoms with Crippen LogP contribution in [0.3, 0.4) is 0 Å². The lowest BCUT2D eigenvalue weighted by Gasteiger charge is -2.15. The molecule has 0 aliphatic carbocycles. The maximum atomic E-state index is 9.95. The lowest BCUT2D eigenvalue weighted by Crippen LogP contribution is -2.04. The van der Waals surface area contributed by atoms with Gasteiger partial charge in [-0.1, -0.05) is 20.3 Å². The lowest BCUT2D eigenvalue weighted by molar-refractivity contribution is 0.146. The van der Waals surface area contributed by atoms with Crippen molar-refractivity contribution in [3.05, 3.63) is 24.0 Å². The molecule has 2 unspecified atom stereocenters. The van der Waals surface area contributed by atoms with Crippen LogP contribution in [-0.4, -0.2) is 17.2 Å². The first kappa shape index (κ1) is 12.0. The quantitative estimate of drug-likeness (QED) is 0.810. The minimum atomic E-state index is -0.442. The molecule has 0 saturated heterocycles. The Morgan fingerprint density at radius 1 is 1.47 bits per heavy atom. The number of hydrogen-bond donors (Lipinski definition) is 1. The smallest absolute Gasteiger partial charge is 0.137 e. The summed E-state index contributed by atoms with van der Waals surface area (Å²) in [5, 5.41) is 9.95. The summed E-state index contributed by atoms with van der Waals surface area (Å²) in [5.74, 6) is 1.21. The van der Waals surface area contributed by atoms with E-state index in [2.05, 4.69) is 18.8 Å². The van der Waals surface area contributed by atoms with Crippen molar-refractivity contribution >= 4 is 0 Å². The van der Waals surface area contributed by atoms with Gasteiger partial charge in [-0.05, 0) is 18.4 Å². The fraction of sp³-hybridized carbons (Fsp3) is 0.583. The van der Waals surface area contributed by atoms with E-state index in [-0.39, 0.29) is 0 Å². The highest BCUT2D eigenvalue weighted by Gasteiger charge is 2.12. The highest BCUT2D eigenvalue weighted by molar-refractivity contribution is 5.24. The van der Waals surface area contributed by atoms with Gasteiger partial charge in [0.2, 0.25) is 0 Å². The van der Waals surface area contributed by atoms with E-state index in [0.29, 0.717) is 11.7 Å². The van der Waals surface area contributed by atoms with Crippen LogP contribution in [0, 0.1) is 5.92 Å². The van der Waals surface area contributed by atoms with Crippen LogP contribution in [0.5, 0.6) is 5.75 Å². The summed E-state index contributed by atoms with van der Waals surface area (Å²) < 4.78 is 5.06. The highest BCUT2D eigenvalue weighted by Crippen LogP contribution is 2.24. The molecule has 1 rings (SSSR count). The zero-order valence-corrected chi connectivity index (χ0v) is 9.60. The van der Waals surface area contributed by atoms with E-state index in [0.717, 1.165) is 18.4 Å². The van der Waals surface area contributed by atoms with Crippen LogP contribution in [0.15, 0.2) is 18.5 Å². The van der Waals surface area contributed by atoms with Gasteiger partial charge in [-0.3, -0.25) is 4.98 Å². The molecular formula is C12H19NO2. The molecule has 0 aromatic carbocycles. The van der Waals surface area contributed by atoms with Crippen molar-refractivity contribution < 1.29 is 9.84 Å². The monoisotopic (exact) mass is 209 g/mol. The van der Waals surface area contributed by atoms with Crippen LogP contribution in [0.1, 0.15) is 38.4 Å². The van der Waals surface area contributed by atoms with Gasteiger partial charge in [0.15, 0.2) is 0 Å². The third-order valence-electron chi connectivity index (χ3n) is 2.68. The predicted molar refractivity (Wildman–Crippen MR) is 59.8 cm³/mol. The molecule has 0 saturated carbocycles. The summed E-state index contributed by atoms with van der Waals surface area (Å²) >= 11 is 0. The molecule has 3 nitrogen and oxygen atoms in total. The summed E-state index contributed by atoms with van der Waals surface area (Å²) in [5.41, 5.74) is 0.828. The van der Waals surface area contributed by atoms with Crippen LogP contribution in [0.2, 0.25) is 0 Å². The predicted octanol–water partition coefficient (Wildman–Crippen LogP) is 2.56. The minimum Gasteiger partial charge on any atom is -0.495 e. The van der Waals surface area contributed by atoms with E-state index in [4.69, 9.17) is 4.74 Å². The van der Waals surface area contributed by atoms with Crippen molar-refractivity contribution in [2.24, 2.45) is 5.92 Å². The Morgan fingerprint density at radius 2 is 2.20 bits per heavy atom. The second-order valence-corrected chi connectivity index (χ2v) is 3.92. The number of aliphatic hydroxyl groups is 1. The van der Waals surface area contributed by atoms with Crippen molar-refractivity contribution in [2.45, 2.75) is 32.8 Å². The van der Waals surface area contributed by atoms with Gasteiger partial charge in [0.05, 0.1) is 19.4 Å². The maximum absolute atomic E-state index is 9.95. The third kappa shape index (κ3) is 3.51. The number of ether oxygens (including phenoxy) is 1. The van der Waals surface area contributed by atoms with Gasteiger partial charge < -0.3 is 9.84 Å². The second-order valence-electron chi connectivity index (χ2n) is 3.92. The average Bonchev–Trinajstić information content (AvgIpc) is 2.28. The Morgan fingerprint density at radius 3 is 2.80 bits per heavy atom. The maximum Gasteiger partial charge on any atom is 0.137 e. The van der Waals surface area contributed by atoms with E-state index in [9.17, 15) is 5.11 Å². The van der Waals surface area contributed by atoms with E-state index >= 15 is 0 Å². The zero-order chi connectivity index (χ0) is 11.3. The Labute approximate surface area is 91.1 Å². The van der Waals surface area contributed by atoms with Gasteiger partial charge in [-0.15, -0.1) is 0 Å². The van der Waals surface area contributed by atoms with Gasteiger partial charge in [0.25, 0.3) is 0 Å². The number of aliphatic hydroxyl groups excluding tert-OH is 1. The van der Waals surface area contributed by atoms with Gasteiger partial charge in [-0.25, -0.2) is 0 Å². The van der Waals surface area contributed by atoms with E-state index in [1.165, 1.54) is 0 Å².